The molecule has 2 heterocycles. The first-order valence-corrected chi connectivity index (χ1v) is 11.8. The van der Waals surface area contributed by atoms with Gasteiger partial charge in [0, 0.05) is 50.7 Å². The monoisotopic (exact) mass is 430 g/mol. The fourth-order valence-electron chi connectivity index (χ4n) is 3.39. The molecule has 9 heteroatoms. The lowest BCUT2D eigenvalue weighted by molar-refractivity contribution is -0.131. The third kappa shape index (κ3) is 4.58. The zero-order valence-corrected chi connectivity index (χ0v) is 17.5. The molecular formula is C20H22N4O3S2. The van der Waals surface area contributed by atoms with Gasteiger partial charge in [-0.2, -0.15) is 0 Å². The van der Waals surface area contributed by atoms with Gasteiger partial charge >= 0.3 is 0 Å². The largest absolute Gasteiger partial charge is 0.345 e. The van der Waals surface area contributed by atoms with E-state index in [-0.39, 0.29) is 23.8 Å². The molecule has 3 aromatic rings. The zero-order chi connectivity index (χ0) is 20.3. The van der Waals surface area contributed by atoms with Gasteiger partial charge < -0.3 is 9.80 Å². The van der Waals surface area contributed by atoms with Crippen LogP contribution in [0.4, 0.5) is 5.13 Å². The Balaban J connectivity index is 1.29. The highest BCUT2D eigenvalue weighted by atomic mass is 32.2. The highest BCUT2D eigenvalue weighted by Crippen LogP contribution is 2.20. The van der Waals surface area contributed by atoms with Gasteiger partial charge in [0.1, 0.15) is 0 Å². The number of hydrogen-bond donors (Lipinski definition) is 1. The van der Waals surface area contributed by atoms with Crippen molar-refractivity contribution in [3.63, 3.8) is 0 Å². The summed E-state index contributed by atoms with van der Waals surface area (Å²) in [5.41, 5.74) is 0. The topological polar surface area (TPSA) is 82.6 Å². The standard InChI is InChI=1S/C20H22N4O3S2/c25-19(23-10-12-24(13-11-23)20-21-9-14-28-20)7-8-22-29(26,27)18-6-5-16-3-1-2-4-17(16)15-18/h1-6,9,14-15,22H,7-8,10-13H2. The molecule has 0 bridgehead atoms. The van der Waals surface area contributed by atoms with Crippen LogP contribution in [-0.2, 0) is 14.8 Å². The van der Waals surface area contributed by atoms with Gasteiger partial charge in [0.25, 0.3) is 0 Å². The SMILES string of the molecule is O=C(CCNS(=O)(=O)c1ccc2ccccc2c1)N1CCN(c2nccs2)CC1. The van der Waals surface area contributed by atoms with Crippen molar-refractivity contribution in [2.45, 2.75) is 11.3 Å². The third-order valence-corrected chi connectivity index (χ3v) is 7.28. The van der Waals surface area contributed by atoms with Crippen molar-refractivity contribution in [2.24, 2.45) is 0 Å². The summed E-state index contributed by atoms with van der Waals surface area (Å²) in [7, 11) is -3.65. The molecule has 29 heavy (non-hydrogen) atoms. The number of rotatable bonds is 6. The van der Waals surface area contributed by atoms with Gasteiger partial charge in [0.05, 0.1) is 4.90 Å². The molecule has 1 fully saturated rings. The Morgan fingerprint density at radius 3 is 2.55 bits per heavy atom. The summed E-state index contributed by atoms with van der Waals surface area (Å²) in [5, 5.41) is 4.76. The number of nitrogens with one attached hydrogen (secondary N) is 1. The lowest BCUT2D eigenvalue weighted by Gasteiger charge is -2.34. The summed E-state index contributed by atoms with van der Waals surface area (Å²) in [6.45, 7) is 2.80. The van der Waals surface area contributed by atoms with Crippen LogP contribution in [0.2, 0.25) is 0 Å². The lowest BCUT2D eigenvalue weighted by atomic mass is 10.1. The van der Waals surface area contributed by atoms with Gasteiger partial charge in [-0.15, -0.1) is 11.3 Å². The number of carbonyl (C=O) groups excluding carboxylic acids is 1. The third-order valence-electron chi connectivity index (χ3n) is 4.98. The maximum atomic E-state index is 12.6. The number of amides is 1. The van der Waals surface area contributed by atoms with Gasteiger partial charge in [0.15, 0.2) is 5.13 Å². The van der Waals surface area contributed by atoms with Crippen molar-refractivity contribution < 1.29 is 13.2 Å². The number of thiazole rings is 1. The van der Waals surface area contributed by atoms with Crippen LogP contribution in [0.1, 0.15) is 6.42 Å². The van der Waals surface area contributed by atoms with Gasteiger partial charge in [-0.3, -0.25) is 4.79 Å². The highest BCUT2D eigenvalue weighted by Gasteiger charge is 2.22. The molecule has 1 saturated heterocycles. The van der Waals surface area contributed by atoms with E-state index >= 15 is 0 Å². The molecule has 1 amide bonds. The summed E-state index contributed by atoms with van der Waals surface area (Å²) >= 11 is 1.59. The second-order valence-electron chi connectivity index (χ2n) is 6.84. The normalized spacial score (nSPS) is 15.0. The molecule has 1 aliphatic heterocycles. The minimum absolute atomic E-state index is 0.0370. The Morgan fingerprint density at radius 1 is 1.07 bits per heavy atom. The Hall–Kier alpha value is -2.49. The van der Waals surface area contributed by atoms with Crippen LogP contribution in [0.5, 0.6) is 0 Å². The van der Waals surface area contributed by atoms with Crippen molar-refractivity contribution in [1.29, 1.82) is 0 Å². The van der Waals surface area contributed by atoms with Gasteiger partial charge in [-0.25, -0.2) is 18.1 Å². The molecule has 7 nitrogen and oxygen atoms in total. The fraction of sp³-hybridized carbons (Fsp3) is 0.300. The predicted octanol–water partition coefficient (Wildman–Crippen LogP) is 2.31. The number of nitrogens with zero attached hydrogens (tertiary/aromatic N) is 3. The average Bonchev–Trinajstić information content (AvgIpc) is 3.28. The van der Waals surface area contributed by atoms with Gasteiger partial charge in [0.2, 0.25) is 15.9 Å². The molecule has 0 spiro atoms. The van der Waals surface area contributed by atoms with E-state index in [1.165, 1.54) is 0 Å². The summed E-state index contributed by atoms with van der Waals surface area (Å²) in [6, 6.07) is 12.6. The molecular weight excluding hydrogens is 408 g/mol. The number of carbonyl (C=O) groups is 1. The number of piperazine rings is 1. The summed E-state index contributed by atoms with van der Waals surface area (Å²) < 4.78 is 27.7. The second kappa shape index (κ2) is 8.48. The first-order chi connectivity index (χ1) is 14.0. The van der Waals surface area contributed by atoms with E-state index < -0.39 is 10.0 Å². The molecule has 0 aliphatic carbocycles. The molecule has 1 aromatic heterocycles. The first-order valence-electron chi connectivity index (χ1n) is 9.44. The molecule has 1 aliphatic rings. The van der Waals surface area contributed by atoms with Crippen LogP contribution in [0.25, 0.3) is 10.8 Å². The van der Waals surface area contributed by atoms with Crippen LogP contribution in [0.15, 0.2) is 58.9 Å². The van der Waals surface area contributed by atoms with Crippen LogP contribution in [0.3, 0.4) is 0 Å². The van der Waals surface area contributed by atoms with E-state index in [9.17, 15) is 13.2 Å². The number of anilines is 1. The van der Waals surface area contributed by atoms with E-state index in [0.29, 0.717) is 13.1 Å². The van der Waals surface area contributed by atoms with Crippen LogP contribution < -0.4 is 9.62 Å². The Labute approximate surface area is 174 Å². The van der Waals surface area contributed by atoms with Crippen molar-refractivity contribution in [2.75, 3.05) is 37.6 Å². The molecule has 0 saturated carbocycles. The van der Waals surface area contributed by atoms with Crippen LogP contribution in [-0.4, -0.2) is 56.9 Å². The number of sulfonamides is 1. The average molecular weight is 431 g/mol. The Morgan fingerprint density at radius 2 is 1.83 bits per heavy atom. The minimum atomic E-state index is -3.65. The fourth-order valence-corrected chi connectivity index (χ4v) is 5.15. The van der Waals surface area contributed by atoms with Crippen molar-refractivity contribution in [3.05, 3.63) is 54.0 Å². The van der Waals surface area contributed by atoms with E-state index in [0.717, 1.165) is 29.0 Å². The maximum absolute atomic E-state index is 12.6. The van der Waals surface area contributed by atoms with Crippen molar-refractivity contribution >= 4 is 43.2 Å². The molecule has 0 radical (unpaired) electrons. The Kier molecular flexibility index (Phi) is 5.79. The van der Waals surface area contributed by atoms with Crippen molar-refractivity contribution in [3.8, 4) is 0 Å². The Bertz CT molecular complexity index is 1090. The summed E-state index contributed by atoms with van der Waals surface area (Å²) in [5.74, 6) is -0.0370. The second-order valence-corrected chi connectivity index (χ2v) is 9.48. The quantitative estimate of drug-likeness (QED) is 0.649. The zero-order valence-electron chi connectivity index (χ0n) is 15.8. The molecule has 0 unspecified atom stereocenters. The van der Waals surface area contributed by atoms with E-state index in [2.05, 4.69) is 14.6 Å². The first kappa shape index (κ1) is 19.8. The molecule has 1 N–H and O–H groups in total. The lowest BCUT2D eigenvalue weighted by Crippen LogP contribution is -2.49. The van der Waals surface area contributed by atoms with Crippen molar-refractivity contribution in [1.82, 2.24) is 14.6 Å². The number of hydrogen-bond acceptors (Lipinski definition) is 6. The number of aromatic nitrogens is 1. The molecule has 2 aromatic carbocycles. The number of benzene rings is 2. The van der Waals surface area contributed by atoms with Gasteiger partial charge in [-0.05, 0) is 22.9 Å². The summed E-state index contributed by atoms with van der Waals surface area (Å²) in [6.07, 6.45) is 1.92. The van der Waals surface area contributed by atoms with Crippen LogP contribution >= 0.6 is 11.3 Å². The highest BCUT2D eigenvalue weighted by molar-refractivity contribution is 7.89. The van der Waals surface area contributed by atoms with E-state index in [1.807, 2.05) is 29.6 Å². The van der Waals surface area contributed by atoms with E-state index in [4.69, 9.17) is 0 Å². The van der Waals surface area contributed by atoms with E-state index in [1.54, 1.807) is 40.6 Å². The maximum Gasteiger partial charge on any atom is 0.240 e. The summed E-state index contributed by atoms with van der Waals surface area (Å²) in [4.78, 5) is 20.9. The van der Waals surface area contributed by atoms with Crippen LogP contribution in [0, 0.1) is 0 Å². The molecule has 4 rings (SSSR count). The minimum Gasteiger partial charge on any atom is -0.345 e. The molecule has 0 atom stereocenters. The number of fused-ring (bicyclic) bond motifs is 1. The predicted molar refractivity (Wildman–Crippen MR) is 115 cm³/mol. The smallest absolute Gasteiger partial charge is 0.240 e. The van der Waals surface area contributed by atoms with Gasteiger partial charge in [-0.1, -0.05) is 30.3 Å². The molecule has 152 valence electrons.